The van der Waals surface area contributed by atoms with Gasteiger partial charge in [0.1, 0.15) is 5.82 Å². The van der Waals surface area contributed by atoms with Crippen LogP contribution in [0.15, 0.2) is 36.7 Å². The van der Waals surface area contributed by atoms with Crippen LogP contribution in [0, 0.1) is 0 Å². The van der Waals surface area contributed by atoms with Gasteiger partial charge in [-0.05, 0) is 19.1 Å². The predicted octanol–water partition coefficient (Wildman–Crippen LogP) is 1.97. The Bertz CT molecular complexity index is 620. The molecule has 0 saturated carbocycles. The van der Waals surface area contributed by atoms with Crippen LogP contribution in [0.4, 0.5) is 5.69 Å². The smallest absolute Gasteiger partial charge is 0.256 e. The van der Waals surface area contributed by atoms with Crippen molar-refractivity contribution >= 4 is 11.6 Å². The first-order valence-corrected chi connectivity index (χ1v) is 6.91. The van der Waals surface area contributed by atoms with Gasteiger partial charge in [0.15, 0.2) is 0 Å². The van der Waals surface area contributed by atoms with E-state index in [1.807, 2.05) is 42.3 Å². The summed E-state index contributed by atoms with van der Waals surface area (Å²) in [5, 5.41) is 3.24. The van der Waals surface area contributed by atoms with Gasteiger partial charge in [-0.25, -0.2) is 4.98 Å². The lowest BCUT2D eigenvalue weighted by atomic mass is 10.1. The van der Waals surface area contributed by atoms with Crippen molar-refractivity contribution < 1.29 is 4.79 Å². The second-order valence-electron chi connectivity index (χ2n) is 4.84. The number of carbonyl (C=O) groups excluding carboxylic acids is 1. The van der Waals surface area contributed by atoms with Gasteiger partial charge in [0, 0.05) is 37.7 Å². The minimum absolute atomic E-state index is 0.0656. The van der Waals surface area contributed by atoms with E-state index >= 15 is 0 Å². The molecule has 2 aromatic rings. The highest BCUT2D eigenvalue weighted by Crippen LogP contribution is 2.20. The maximum Gasteiger partial charge on any atom is 0.256 e. The predicted molar refractivity (Wildman–Crippen MR) is 77.6 cm³/mol. The average molecular weight is 270 g/mol. The largest absolute Gasteiger partial charge is 0.385 e. The van der Waals surface area contributed by atoms with E-state index in [4.69, 9.17) is 0 Å². The summed E-state index contributed by atoms with van der Waals surface area (Å²) in [6.07, 6.45) is 3.75. The molecule has 0 fully saturated rings. The quantitative estimate of drug-likeness (QED) is 0.927. The molecule has 3 rings (SSSR count). The van der Waals surface area contributed by atoms with Crippen LogP contribution < -0.4 is 5.32 Å². The monoisotopic (exact) mass is 270 g/mol. The first kappa shape index (κ1) is 12.7. The Kier molecular flexibility index (Phi) is 3.41. The zero-order chi connectivity index (χ0) is 13.9. The number of nitrogens with one attached hydrogen (secondary N) is 1. The Balaban J connectivity index is 1.83. The maximum absolute atomic E-state index is 12.7. The van der Waals surface area contributed by atoms with Gasteiger partial charge in [0.2, 0.25) is 0 Å². The maximum atomic E-state index is 12.7. The summed E-state index contributed by atoms with van der Waals surface area (Å²) < 4.78 is 2.10. The molecule has 1 aromatic heterocycles. The molecule has 20 heavy (non-hydrogen) atoms. The number of nitrogens with zero attached hydrogens (tertiary/aromatic N) is 3. The topological polar surface area (TPSA) is 50.2 Å². The van der Waals surface area contributed by atoms with Crippen molar-refractivity contribution in [2.45, 2.75) is 20.0 Å². The fourth-order valence-electron chi connectivity index (χ4n) is 2.53. The molecule has 0 radical (unpaired) electrons. The van der Waals surface area contributed by atoms with Gasteiger partial charge < -0.3 is 14.8 Å². The molecule has 1 amide bonds. The number of hydrogen-bond donors (Lipinski definition) is 1. The second kappa shape index (κ2) is 5.36. The first-order chi connectivity index (χ1) is 9.79. The van der Waals surface area contributed by atoms with Crippen LogP contribution in [0.1, 0.15) is 23.1 Å². The number of anilines is 1. The third-order valence-electron chi connectivity index (χ3n) is 3.56. The van der Waals surface area contributed by atoms with E-state index in [1.54, 1.807) is 6.20 Å². The van der Waals surface area contributed by atoms with E-state index in [-0.39, 0.29) is 5.91 Å². The van der Waals surface area contributed by atoms with E-state index in [1.165, 1.54) is 0 Å². The van der Waals surface area contributed by atoms with Gasteiger partial charge in [-0.15, -0.1) is 0 Å². The lowest BCUT2D eigenvalue weighted by molar-refractivity contribution is 0.0708. The number of amides is 1. The van der Waals surface area contributed by atoms with E-state index in [9.17, 15) is 4.79 Å². The molecule has 1 N–H and O–H groups in total. The van der Waals surface area contributed by atoms with Crippen molar-refractivity contribution in [2.24, 2.45) is 0 Å². The summed E-state index contributed by atoms with van der Waals surface area (Å²) in [6.45, 7) is 4.94. The number of fused-ring (bicyclic) bond motifs is 1. The Morgan fingerprint density at radius 2 is 2.20 bits per heavy atom. The highest BCUT2D eigenvalue weighted by atomic mass is 16.2. The summed E-state index contributed by atoms with van der Waals surface area (Å²) in [5.41, 5.74) is 1.63. The molecular formula is C15H18N4O. The molecule has 0 saturated heterocycles. The van der Waals surface area contributed by atoms with Crippen molar-refractivity contribution in [3.63, 3.8) is 0 Å². The summed E-state index contributed by atoms with van der Waals surface area (Å²) in [7, 11) is 0. The molecule has 1 aliphatic heterocycles. The molecule has 0 spiro atoms. The third kappa shape index (κ3) is 2.27. The number of imidazole rings is 1. The van der Waals surface area contributed by atoms with Crippen LogP contribution in [0.25, 0.3) is 0 Å². The lowest BCUT2D eigenvalue weighted by Crippen LogP contribution is -2.38. The number of benzene rings is 1. The molecule has 0 bridgehead atoms. The second-order valence-corrected chi connectivity index (χ2v) is 4.84. The van der Waals surface area contributed by atoms with Crippen LogP contribution in [0.2, 0.25) is 0 Å². The Hall–Kier alpha value is -2.30. The van der Waals surface area contributed by atoms with Crippen LogP contribution in [0.5, 0.6) is 0 Å². The number of hydrogen-bond acceptors (Lipinski definition) is 3. The van der Waals surface area contributed by atoms with E-state index in [0.29, 0.717) is 6.54 Å². The van der Waals surface area contributed by atoms with Crippen LogP contribution in [0.3, 0.4) is 0 Å². The van der Waals surface area contributed by atoms with Crippen molar-refractivity contribution in [1.29, 1.82) is 0 Å². The first-order valence-electron chi connectivity index (χ1n) is 6.91. The fourth-order valence-corrected chi connectivity index (χ4v) is 2.53. The van der Waals surface area contributed by atoms with Crippen LogP contribution in [-0.2, 0) is 13.1 Å². The van der Waals surface area contributed by atoms with Gasteiger partial charge >= 0.3 is 0 Å². The molecular weight excluding hydrogens is 252 g/mol. The Labute approximate surface area is 118 Å². The van der Waals surface area contributed by atoms with Gasteiger partial charge in [-0.2, -0.15) is 0 Å². The average Bonchev–Trinajstić information content (AvgIpc) is 2.95. The third-order valence-corrected chi connectivity index (χ3v) is 3.56. The molecule has 0 aliphatic carbocycles. The number of carbonyl (C=O) groups is 1. The highest BCUT2D eigenvalue weighted by molar-refractivity contribution is 5.99. The van der Waals surface area contributed by atoms with Crippen molar-refractivity contribution in [2.75, 3.05) is 18.4 Å². The highest BCUT2D eigenvalue weighted by Gasteiger charge is 2.23. The zero-order valence-corrected chi connectivity index (χ0v) is 11.5. The Morgan fingerprint density at radius 3 is 3.05 bits per heavy atom. The van der Waals surface area contributed by atoms with Crippen molar-refractivity contribution in [3.05, 3.63) is 48.0 Å². The van der Waals surface area contributed by atoms with Crippen molar-refractivity contribution in [3.8, 4) is 0 Å². The van der Waals surface area contributed by atoms with Gasteiger partial charge in [0.25, 0.3) is 5.91 Å². The number of rotatable bonds is 3. The molecule has 5 heteroatoms. The summed E-state index contributed by atoms with van der Waals surface area (Å²) in [4.78, 5) is 18.8. The molecule has 104 valence electrons. The van der Waals surface area contributed by atoms with Gasteiger partial charge in [-0.3, -0.25) is 4.79 Å². The Morgan fingerprint density at radius 1 is 1.35 bits per heavy atom. The van der Waals surface area contributed by atoms with Gasteiger partial charge in [0.05, 0.1) is 12.1 Å². The van der Waals surface area contributed by atoms with E-state index in [0.717, 1.165) is 36.7 Å². The molecule has 0 unspecified atom stereocenters. The van der Waals surface area contributed by atoms with Gasteiger partial charge in [-0.1, -0.05) is 12.1 Å². The van der Waals surface area contributed by atoms with Crippen LogP contribution in [-0.4, -0.2) is 33.4 Å². The summed E-state index contributed by atoms with van der Waals surface area (Å²) >= 11 is 0. The number of para-hydroxylation sites is 1. The summed E-state index contributed by atoms with van der Waals surface area (Å²) in [5.74, 6) is 1.02. The minimum atomic E-state index is 0.0656. The van der Waals surface area contributed by atoms with Crippen LogP contribution >= 0.6 is 0 Å². The molecule has 2 heterocycles. The SMILES string of the molecule is CCNc1ccccc1C(=O)N1CCn2ccnc2C1. The normalized spacial score (nSPS) is 13.9. The number of aromatic nitrogens is 2. The lowest BCUT2D eigenvalue weighted by Gasteiger charge is -2.28. The molecule has 1 aliphatic rings. The minimum Gasteiger partial charge on any atom is -0.385 e. The zero-order valence-electron chi connectivity index (χ0n) is 11.5. The molecule has 1 aromatic carbocycles. The van der Waals surface area contributed by atoms with Crippen molar-refractivity contribution in [1.82, 2.24) is 14.5 Å². The molecule has 5 nitrogen and oxygen atoms in total. The van der Waals surface area contributed by atoms with E-state index < -0.39 is 0 Å². The van der Waals surface area contributed by atoms with E-state index in [2.05, 4.69) is 14.9 Å². The molecule has 0 atom stereocenters. The standard InChI is InChI=1S/C15H18N4O/c1-2-16-13-6-4-3-5-12(13)15(20)19-10-9-18-8-7-17-14(18)11-19/h3-8,16H,2,9-11H2,1H3. The summed E-state index contributed by atoms with van der Waals surface area (Å²) in [6, 6.07) is 7.67. The fraction of sp³-hybridized carbons (Fsp3) is 0.333.